The fourth-order valence-corrected chi connectivity index (χ4v) is 10.1. The number of guanidine groups is 1. The van der Waals surface area contributed by atoms with Gasteiger partial charge in [0.25, 0.3) is 47.3 Å². The van der Waals surface area contributed by atoms with Gasteiger partial charge in [0.1, 0.15) is 63.9 Å². The third-order valence-corrected chi connectivity index (χ3v) is 14.4. The number of amides is 11. The van der Waals surface area contributed by atoms with Crippen LogP contribution in [0.15, 0.2) is 209 Å². The molecule has 6 N–H and O–H groups in total. The van der Waals surface area contributed by atoms with Gasteiger partial charge in [-0.15, -0.1) is 25.8 Å². The van der Waals surface area contributed by atoms with Crippen molar-refractivity contribution < 1.29 is 125 Å². The summed E-state index contributed by atoms with van der Waals surface area (Å²) in [6.45, 7) is 13.7. The minimum atomic E-state index is -5.17. The number of rotatable bonds is 5. The third-order valence-electron chi connectivity index (χ3n) is 13.8. The minimum absolute atomic E-state index is 0.0101. The summed E-state index contributed by atoms with van der Waals surface area (Å²) in [4.78, 5) is 121. The molecule has 10 aliphatic heterocycles. The lowest BCUT2D eigenvalue weighted by molar-refractivity contribution is -0.304. The number of nitrogens with one attached hydrogen (secondary N) is 6. The maximum atomic E-state index is 12.7. The van der Waals surface area contributed by atoms with Crippen LogP contribution in [0, 0.1) is 5.41 Å². The van der Waals surface area contributed by atoms with Crippen LogP contribution in [0.4, 0.5) is 54.8 Å². The molecule has 0 radical (unpaired) electrons. The maximum Gasteiger partial charge on any atom is 0.573 e. The van der Waals surface area contributed by atoms with Crippen LogP contribution in [-0.2, 0) is 76.3 Å². The number of para-hydroxylation sites is 1. The molecule has 29 nitrogen and oxygen atoms in total. The quantitative estimate of drug-likeness (QED) is 0.0362. The molecular weight excluding hydrogens is 1450 g/mol. The van der Waals surface area contributed by atoms with Crippen molar-refractivity contribution in [1.82, 2.24) is 41.3 Å². The second kappa shape index (κ2) is 31.8. The minimum Gasteiger partial charge on any atom is -0.468 e. The summed E-state index contributed by atoms with van der Waals surface area (Å²) in [5, 5.41) is 23.7. The number of hydrogen-bond donors (Lipinski definition) is 7. The lowest BCUT2D eigenvalue weighted by Gasteiger charge is -2.30. The first-order valence-electron chi connectivity index (χ1n) is 29.4. The number of hydrogen-bond acceptors (Lipinski definition) is 22. The van der Waals surface area contributed by atoms with Crippen molar-refractivity contribution in [2.45, 2.75) is 74.1 Å². The number of likely N-dealkylation sites (N-methyl/N-ethyl adjacent to an activating group) is 3. The summed E-state index contributed by atoms with van der Waals surface area (Å²) in [6.07, 6.45) is -4.74. The average Bonchev–Trinajstić information content (AvgIpc) is 1.63. The Bertz CT molecular complexity index is 4400. The van der Waals surface area contributed by atoms with Crippen molar-refractivity contribution in [2.75, 3.05) is 32.8 Å². The Morgan fingerprint density at radius 1 is 0.606 bits per heavy atom. The smallest absolute Gasteiger partial charge is 0.468 e. The largest absolute Gasteiger partial charge is 0.573 e. The Labute approximate surface area is 592 Å². The van der Waals surface area contributed by atoms with Gasteiger partial charge in [-0.1, -0.05) is 18.2 Å². The summed E-state index contributed by atoms with van der Waals surface area (Å²) in [5.74, 6) is -7.65. The predicted molar refractivity (Wildman–Crippen MR) is 347 cm³/mol. The fraction of sp³-hybridized carbons (Fsp3) is 0.234. The Hall–Kier alpha value is -12.2. The zero-order chi connectivity index (χ0) is 77.5. The first-order chi connectivity index (χ1) is 48.4. The molecule has 0 atom stereocenters. The van der Waals surface area contributed by atoms with Crippen LogP contribution in [0.3, 0.4) is 0 Å². The number of thiocarbonyl (C=S) groups is 1. The summed E-state index contributed by atoms with van der Waals surface area (Å²) in [7, 11) is 3.85. The number of imide groups is 4. The number of esters is 1. The zero-order valence-electron chi connectivity index (χ0n) is 55.6. The number of carbonyl (C=O) groups excluding carboxylic acids is 10. The highest BCUT2D eigenvalue weighted by Gasteiger charge is 2.47. The molecule has 0 bridgehead atoms. The van der Waals surface area contributed by atoms with Gasteiger partial charge in [-0.2, -0.15) is 36.5 Å². The molecular formula is C64H56F9N11O18S2. The summed E-state index contributed by atoms with van der Waals surface area (Å²) in [6, 6.07) is 7.87. The van der Waals surface area contributed by atoms with Crippen LogP contribution in [-0.4, -0.2) is 137 Å². The predicted octanol–water partition coefficient (Wildman–Crippen LogP) is 8.65. The molecule has 550 valence electrons. The number of nitrogens with zero attached hydrogens (tertiary/aromatic N) is 5. The lowest BCUT2D eigenvalue weighted by Crippen LogP contribution is -2.53. The highest BCUT2D eigenvalue weighted by Crippen LogP contribution is 2.41. The molecule has 1 aromatic rings. The number of ether oxygens (including phenoxy) is 8. The van der Waals surface area contributed by atoms with Gasteiger partial charge in [0.2, 0.25) is 17.5 Å². The highest BCUT2D eigenvalue weighted by molar-refractivity contribution is 7.84. The summed E-state index contributed by atoms with van der Waals surface area (Å²) in [5.41, 5.74) is 1.44. The van der Waals surface area contributed by atoms with Crippen molar-refractivity contribution in [3.05, 3.63) is 204 Å². The summed E-state index contributed by atoms with van der Waals surface area (Å²) >= 11 is 8.63. The van der Waals surface area contributed by atoms with Gasteiger partial charge in [-0.25, -0.2) is 9.59 Å². The van der Waals surface area contributed by atoms with E-state index in [4.69, 9.17) is 41.3 Å². The van der Waals surface area contributed by atoms with E-state index in [0.29, 0.717) is 34.6 Å². The molecule has 0 unspecified atom stereocenters. The molecule has 4 fully saturated rings. The van der Waals surface area contributed by atoms with Crippen LogP contribution in [0.2, 0.25) is 0 Å². The number of barbiturate groups is 2. The van der Waals surface area contributed by atoms with Crippen molar-refractivity contribution in [3.8, 4) is 0 Å². The topological polar surface area (TPSA) is 354 Å². The Morgan fingerprint density at radius 2 is 1.12 bits per heavy atom. The van der Waals surface area contributed by atoms with Crippen molar-refractivity contribution in [3.63, 3.8) is 0 Å². The van der Waals surface area contributed by atoms with Gasteiger partial charge in [-0.3, -0.25) is 74.8 Å². The monoisotopic (exact) mass is 1500 g/mol. The Kier molecular flexibility index (Phi) is 24.2. The first kappa shape index (κ1) is 79.1. The van der Waals surface area contributed by atoms with Gasteiger partial charge in [0, 0.05) is 45.3 Å². The molecule has 10 aliphatic rings. The number of urea groups is 2. The second-order valence-electron chi connectivity index (χ2n) is 21.6. The molecule has 4 saturated heterocycles. The molecule has 0 aromatic heterocycles. The van der Waals surface area contributed by atoms with Crippen LogP contribution < -0.4 is 31.6 Å². The molecule has 10 heterocycles. The zero-order valence-corrected chi connectivity index (χ0v) is 57.3. The van der Waals surface area contributed by atoms with Gasteiger partial charge in [0.15, 0.2) is 16.6 Å². The second-order valence-corrected chi connectivity index (χ2v) is 22.5. The SMILES string of the molecule is CC1=CC(=C2C(=O)N(C)C(=O)N(C)C2=O)C=C(C)O1.CC1=CC(=C2C(=O)N(c3ccccc3)N=C2C)C=C(C)O1.CCOC1=CC(=C2C(=O)NC(=O)NC2=O)C(OC(C)=O)=C(C)O1.CN1C(=N)NC(=O)C1=C1C=C(C(F)(F)F)OC(C(F)(F)F)=C1.O=C1NC(=S)N/C1=C1\C(S)=COC=C1OC(F)(F)F. The number of benzene rings is 1. The van der Waals surface area contributed by atoms with E-state index in [1.807, 2.05) is 79.2 Å². The molecule has 0 spiro atoms. The van der Waals surface area contributed by atoms with Crippen LogP contribution in [0.25, 0.3) is 0 Å². The number of anilines is 1. The van der Waals surface area contributed by atoms with E-state index in [9.17, 15) is 87.5 Å². The van der Waals surface area contributed by atoms with Gasteiger partial charge in [0.05, 0.1) is 34.1 Å². The van der Waals surface area contributed by atoms with Crippen LogP contribution in [0.5, 0.6) is 0 Å². The molecule has 11 rings (SSSR count). The van der Waals surface area contributed by atoms with Crippen molar-refractivity contribution in [2.24, 2.45) is 5.10 Å². The Morgan fingerprint density at radius 3 is 1.58 bits per heavy atom. The van der Waals surface area contributed by atoms with Crippen molar-refractivity contribution >= 4 is 107 Å². The molecule has 104 heavy (non-hydrogen) atoms. The number of halogens is 9. The van der Waals surface area contributed by atoms with Gasteiger partial charge >= 0.3 is 36.7 Å². The number of alkyl halides is 9. The molecule has 0 saturated carbocycles. The van der Waals surface area contributed by atoms with E-state index in [2.05, 4.69) is 42.6 Å². The lowest BCUT2D eigenvalue weighted by atomic mass is 10.0. The van der Waals surface area contributed by atoms with Gasteiger partial charge in [-0.05, 0) is 120 Å². The van der Waals surface area contributed by atoms with E-state index >= 15 is 0 Å². The number of hydrazone groups is 1. The highest BCUT2D eigenvalue weighted by atomic mass is 32.1. The molecule has 1 aromatic carbocycles. The number of allylic oxidation sites excluding steroid dienone is 18. The number of thiol groups is 1. The maximum absolute atomic E-state index is 12.7. The standard InChI is InChI=1S/C17H16N2O2.C14H14N2O7.C13H14N2O4.C11H7F6N3O2.C9H5F3N2O3S2/c1-11-9-14(10-12(2)21-11)16-13(3)18-19(17(16)20)15-7-5-4-6-8-15;1-4-21-9-5-8(11(6(2)22-9)23-7(3)17)10-12(18)15-14(20)16-13(10)19;1-7-5-9(6-8(2)19-7)10-11(16)14(3)13(18)15(4)12(10)17;1-20-7(8(21)19-9(20)18)4-2-5(10(12,13)14)22-6(3-4)11(15,16)17;10-9(11,12)17-3-1-16-2-4(18)5(3)6-7(15)14-8(19)13-6/h4-10H,1-3H3;5H,4H2,1-3H3,(H2,15,16,18,19,20);5-6H,1-4H3;2-3H,1H3,(H2,18,19,21);1-2,18H,(H2,13,14,15,19)/b;;;;6-5-. The van der Waals surface area contributed by atoms with E-state index in [1.54, 1.807) is 32.9 Å². The van der Waals surface area contributed by atoms with Crippen LogP contribution in [0.1, 0.15) is 55.4 Å². The van der Waals surface area contributed by atoms with E-state index in [-0.39, 0.29) is 80.1 Å². The third kappa shape index (κ3) is 18.8. The number of carbonyl (C=O) groups is 10. The van der Waals surface area contributed by atoms with E-state index in [0.717, 1.165) is 57.7 Å². The molecule has 11 amide bonds. The average molecular weight is 1500 g/mol. The first-order valence-corrected chi connectivity index (χ1v) is 30.2. The Balaban J connectivity index is 0.000000182. The molecule has 40 heteroatoms. The van der Waals surface area contributed by atoms with Crippen molar-refractivity contribution in [1.29, 1.82) is 5.41 Å². The van der Waals surface area contributed by atoms with E-state index < -0.39 is 107 Å². The van der Waals surface area contributed by atoms with E-state index in [1.165, 1.54) is 32.1 Å². The fourth-order valence-electron chi connectivity index (χ4n) is 9.66. The normalized spacial score (nSPS) is 19.9. The molecule has 0 aliphatic carbocycles. The van der Waals surface area contributed by atoms with Gasteiger partial charge < -0.3 is 48.1 Å². The van der Waals surface area contributed by atoms with Crippen LogP contribution >= 0.6 is 24.8 Å². The summed E-state index contributed by atoms with van der Waals surface area (Å²) < 4.78 is 151.